The van der Waals surface area contributed by atoms with E-state index in [1.54, 1.807) is 18.2 Å². The van der Waals surface area contributed by atoms with Crippen molar-refractivity contribution in [3.63, 3.8) is 0 Å². The Balaban J connectivity index is 2.47. The second-order valence-corrected chi connectivity index (χ2v) is 5.05. The fraction of sp³-hybridized carbons (Fsp3) is 0.462. The van der Waals surface area contributed by atoms with Crippen molar-refractivity contribution in [3.05, 3.63) is 23.8 Å². The molecule has 3 nitrogen and oxygen atoms in total. The molecule has 0 unspecified atom stereocenters. The third-order valence-electron chi connectivity index (χ3n) is 3.28. The molecule has 1 aliphatic rings. The summed E-state index contributed by atoms with van der Waals surface area (Å²) in [5.74, 6) is 1.32. The fourth-order valence-corrected chi connectivity index (χ4v) is 1.56. The Morgan fingerprint density at radius 2 is 1.56 bits per heavy atom. The third-order valence-corrected chi connectivity index (χ3v) is 3.28. The normalized spacial score (nSPS) is 20.2. The maximum Gasteiger partial charge on any atom is 0.162 e. The second-order valence-electron chi connectivity index (χ2n) is 5.05. The molecule has 0 amide bonds. The maximum atomic E-state index is 10.7. The number of ether oxygens (including phenoxy) is 2. The number of benzene rings is 1. The molecule has 0 bridgehead atoms. The van der Waals surface area contributed by atoms with Crippen LogP contribution >= 0.6 is 0 Å². The number of hydrogen-bond acceptors (Lipinski definition) is 3. The molecule has 16 heavy (non-hydrogen) atoms. The Morgan fingerprint density at radius 3 is 2.12 bits per heavy atom. The lowest BCUT2D eigenvalue weighted by molar-refractivity contribution is -0.0991. The lowest BCUT2D eigenvalue weighted by atomic mass is 9.88. The van der Waals surface area contributed by atoms with Crippen LogP contribution in [0.4, 0.5) is 0 Å². The van der Waals surface area contributed by atoms with Gasteiger partial charge in [0.15, 0.2) is 11.5 Å². The van der Waals surface area contributed by atoms with Crippen molar-refractivity contribution < 1.29 is 14.3 Å². The van der Waals surface area contributed by atoms with Crippen molar-refractivity contribution in [3.8, 4) is 11.5 Å². The quantitative estimate of drug-likeness (QED) is 0.683. The van der Waals surface area contributed by atoms with Crippen molar-refractivity contribution in [2.75, 3.05) is 0 Å². The van der Waals surface area contributed by atoms with Crippen LogP contribution in [0.25, 0.3) is 0 Å². The fourth-order valence-electron chi connectivity index (χ4n) is 1.56. The highest BCUT2D eigenvalue weighted by atomic mass is 16.6. The number of aldehydes is 1. The van der Waals surface area contributed by atoms with Crippen LogP contribution in [0.15, 0.2) is 18.2 Å². The molecule has 0 radical (unpaired) electrons. The van der Waals surface area contributed by atoms with Crippen LogP contribution in [0.3, 0.4) is 0 Å². The predicted octanol–water partition coefficient (Wildman–Crippen LogP) is 2.83. The van der Waals surface area contributed by atoms with Gasteiger partial charge in [-0.2, -0.15) is 0 Å². The van der Waals surface area contributed by atoms with Crippen LogP contribution in [0.2, 0.25) is 0 Å². The van der Waals surface area contributed by atoms with Gasteiger partial charge < -0.3 is 9.47 Å². The van der Waals surface area contributed by atoms with Crippen molar-refractivity contribution >= 4 is 6.29 Å². The first-order valence-electron chi connectivity index (χ1n) is 5.33. The molecule has 0 aliphatic carbocycles. The van der Waals surface area contributed by atoms with E-state index in [1.165, 1.54) is 0 Å². The highest BCUT2D eigenvalue weighted by Gasteiger charge is 2.45. The summed E-state index contributed by atoms with van der Waals surface area (Å²) in [4.78, 5) is 10.7. The second kappa shape index (κ2) is 3.24. The number of rotatable bonds is 1. The summed E-state index contributed by atoms with van der Waals surface area (Å²) in [5, 5.41) is 0. The van der Waals surface area contributed by atoms with E-state index in [-0.39, 0.29) is 0 Å². The van der Waals surface area contributed by atoms with E-state index in [0.717, 1.165) is 6.29 Å². The van der Waals surface area contributed by atoms with Crippen LogP contribution in [-0.2, 0) is 0 Å². The first-order chi connectivity index (χ1) is 7.36. The molecular formula is C13H16O3. The van der Waals surface area contributed by atoms with Crippen LogP contribution < -0.4 is 9.47 Å². The van der Waals surface area contributed by atoms with Gasteiger partial charge in [0.25, 0.3) is 0 Å². The minimum absolute atomic E-state index is 0.400. The van der Waals surface area contributed by atoms with Crippen LogP contribution in [0.1, 0.15) is 38.1 Å². The Bertz CT molecular complexity index is 433. The Kier molecular flexibility index (Phi) is 2.22. The highest BCUT2D eigenvalue weighted by Crippen LogP contribution is 2.43. The first kappa shape index (κ1) is 11.0. The number of fused-ring (bicyclic) bond motifs is 1. The first-order valence-corrected chi connectivity index (χ1v) is 5.33. The molecule has 0 fully saturated rings. The molecular weight excluding hydrogens is 204 g/mol. The topological polar surface area (TPSA) is 35.5 Å². The summed E-state index contributed by atoms with van der Waals surface area (Å²) in [6.07, 6.45) is 0.802. The molecule has 1 aliphatic heterocycles. The molecule has 3 heteroatoms. The molecule has 0 spiro atoms. The van der Waals surface area contributed by atoms with Gasteiger partial charge in [0.2, 0.25) is 0 Å². The van der Waals surface area contributed by atoms with E-state index >= 15 is 0 Å². The van der Waals surface area contributed by atoms with Gasteiger partial charge in [0.1, 0.15) is 17.5 Å². The Morgan fingerprint density at radius 1 is 1.00 bits per heavy atom. The summed E-state index contributed by atoms with van der Waals surface area (Å²) in [5.41, 5.74) is -0.234. The van der Waals surface area contributed by atoms with Crippen LogP contribution in [0.5, 0.6) is 11.5 Å². The SMILES string of the molecule is CC1(C)Oc2ccc(C=O)cc2OC1(C)C. The van der Waals surface area contributed by atoms with E-state index in [1.807, 2.05) is 27.7 Å². The molecule has 1 aromatic rings. The number of carbonyl (C=O) groups excluding carboxylic acids is 1. The van der Waals surface area contributed by atoms with Crippen LogP contribution in [-0.4, -0.2) is 17.5 Å². The van der Waals surface area contributed by atoms with Gasteiger partial charge in [-0.05, 0) is 45.9 Å². The minimum atomic E-state index is -0.429. The number of hydrogen-bond donors (Lipinski definition) is 0. The zero-order valence-corrected chi connectivity index (χ0v) is 10.0. The van der Waals surface area contributed by atoms with Crippen molar-refractivity contribution in [2.45, 2.75) is 38.9 Å². The third kappa shape index (κ3) is 1.56. The largest absolute Gasteiger partial charge is 0.480 e. The van der Waals surface area contributed by atoms with Gasteiger partial charge in [-0.15, -0.1) is 0 Å². The number of carbonyl (C=O) groups is 1. The molecule has 0 saturated heterocycles. The predicted molar refractivity (Wildman–Crippen MR) is 61.2 cm³/mol. The molecule has 2 rings (SSSR count). The Hall–Kier alpha value is -1.51. The molecule has 0 N–H and O–H groups in total. The van der Waals surface area contributed by atoms with E-state index < -0.39 is 11.2 Å². The average molecular weight is 220 g/mol. The lowest BCUT2D eigenvalue weighted by Crippen LogP contribution is -2.56. The summed E-state index contributed by atoms with van der Waals surface area (Å²) in [6, 6.07) is 5.21. The van der Waals surface area contributed by atoms with Gasteiger partial charge >= 0.3 is 0 Å². The smallest absolute Gasteiger partial charge is 0.162 e. The lowest BCUT2D eigenvalue weighted by Gasteiger charge is -2.45. The molecule has 86 valence electrons. The van der Waals surface area contributed by atoms with E-state index in [2.05, 4.69) is 0 Å². The summed E-state index contributed by atoms with van der Waals surface area (Å²) in [7, 11) is 0. The molecule has 1 heterocycles. The molecule has 0 saturated carbocycles. The van der Waals surface area contributed by atoms with E-state index in [9.17, 15) is 4.79 Å². The van der Waals surface area contributed by atoms with Crippen molar-refractivity contribution in [1.82, 2.24) is 0 Å². The Labute approximate surface area is 95.4 Å². The van der Waals surface area contributed by atoms with Gasteiger partial charge in [-0.1, -0.05) is 0 Å². The molecule has 1 aromatic carbocycles. The monoisotopic (exact) mass is 220 g/mol. The van der Waals surface area contributed by atoms with Crippen molar-refractivity contribution in [2.24, 2.45) is 0 Å². The summed E-state index contributed by atoms with van der Waals surface area (Å²) < 4.78 is 11.8. The van der Waals surface area contributed by atoms with Gasteiger partial charge in [-0.3, -0.25) is 4.79 Å². The maximum absolute atomic E-state index is 10.7. The highest BCUT2D eigenvalue weighted by molar-refractivity contribution is 5.76. The molecule has 0 atom stereocenters. The summed E-state index contributed by atoms with van der Waals surface area (Å²) >= 11 is 0. The van der Waals surface area contributed by atoms with Gasteiger partial charge in [-0.25, -0.2) is 0 Å². The van der Waals surface area contributed by atoms with Gasteiger partial charge in [0.05, 0.1) is 0 Å². The zero-order chi connectivity index (χ0) is 12.0. The summed E-state index contributed by atoms with van der Waals surface area (Å²) in [6.45, 7) is 7.93. The zero-order valence-electron chi connectivity index (χ0n) is 10.0. The standard InChI is InChI=1S/C13H16O3/c1-12(2)13(3,4)16-11-7-9(8-14)5-6-10(11)15-12/h5-8H,1-4H3. The average Bonchev–Trinajstić information content (AvgIpc) is 2.18. The van der Waals surface area contributed by atoms with E-state index in [0.29, 0.717) is 17.1 Å². The van der Waals surface area contributed by atoms with Crippen LogP contribution in [0, 0.1) is 0 Å². The molecule has 0 aromatic heterocycles. The van der Waals surface area contributed by atoms with Gasteiger partial charge in [0, 0.05) is 5.56 Å². The minimum Gasteiger partial charge on any atom is -0.480 e. The van der Waals surface area contributed by atoms with Crippen molar-refractivity contribution in [1.29, 1.82) is 0 Å². The van der Waals surface area contributed by atoms with E-state index in [4.69, 9.17) is 9.47 Å².